The molecule has 146 valence electrons. The van der Waals surface area contributed by atoms with Gasteiger partial charge in [-0.3, -0.25) is 9.67 Å². The molecule has 0 saturated heterocycles. The predicted molar refractivity (Wildman–Crippen MR) is 117 cm³/mol. The predicted octanol–water partition coefficient (Wildman–Crippen LogP) is 5.91. The molecule has 0 N–H and O–H groups in total. The maximum Gasteiger partial charge on any atom is 0.147 e. The van der Waals surface area contributed by atoms with Crippen molar-refractivity contribution in [2.24, 2.45) is 7.05 Å². The fraction of sp³-hybridized carbons (Fsp3) is 0.304. The van der Waals surface area contributed by atoms with Crippen LogP contribution < -0.4 is 4.74 Å². The molecule has 1 aromatic carbocycles. The summed E-state index contributed by atoms with van der Waals surface area (Å²) in [5.41, 5.74) is 8.23. The number of hydrogen-bond acceptors (Lipinski definition) is 4. The molecule has 0 unspecified atom stereocenters. The van der Waals surface area contributed by atoms with Crippen LogP contribution in [-0.4, -0.2) is 14.8 Å². The van der Waals surface area contributed by atoms with Gasteiger partial charge in [-0.1, -0.05) is 11.6 Å². The zero-order chi connectivity index (χ0) is 19.5. The van der Waals surface area contributed by atoms with Crippen LogP contribution in [0.25, 0.3) is 21.3 Å². The minimum Gasteiger partial charge on any atom is -0.483 e. The molecule has 4 heterocycles. The molecule has 1 atom stereocenters. The van der Waals surface area contributed by atoms with Gasteiger partial charge in [0.25, 0.3) is 0 Å². The van der Waals surface area contributed by atoms with E-state index in [0.29, 0.717) is 0 Å². The van der Waals surface area contributed by atoms with Crippen molar-refractivity contribution in [3.63, 3.8) is 0 Å². The molecule has 1 aliphatic carbocycles. The Balaban J connectivity index is 1.47. The number of pyridine rings is 1. The second kappa shape index (κ2) is 6.57. The molecule has 1 aliphatic heterocycles. The van der Waals surface area contributed by atoms with Gasteiger partial charge in [0.05, 0.1) is 10.2 Å². The molecule has 0 saturated carbocycles. The van der Waals surface area contributed by atoms with Gasteiger partial charge in [-0.25, -0.2) is 0 Å². The number of rotatable bonds is 2. The quantitative estimate of drug-likeness (QED) is 0.404. The van der Waals surface area contributed by atoms with Gasteiger partial charge in [0.15, 0.2) is 0 Å². The summed E-state index contributed by atoms with van der Waals surface area (Å²) >= 11 is 8.23. The molecular formula is C23H20ClN3OS. The lowest BCUT2D eigenvalue weighted by molar-refractivity contribution is 0.232. The van der Waals surface area contributed by atoms with E-state index in [4.69, 9.17) is 21.4 Å². The van der Waals surface area contributed by atoms with Crippen LogP contribution in [0, 0.1) is 0 Å². The summed E-state index contributed by atoms with van der Waals surface area (Å²) in [6, 6.07) is 8.18. The molecule has 0 bridgehead atoms. The monoisotopic (exact) mass is 421 g/mol. The van der Waals surface area contributed by atoms with Gasteiger partial charge in [-0.2, -0.15) is 5.10 Å². The van der Waals surface area contributed by atoms with Crippen LogP contribution in [0.15, 0.2) is 35.8 Å². The van der Waals surface area contributed by atoms with Crippen LogP contribution in [0.1, 0.15) is 41.5 Å². The van der Waals surface area contributed by atoms with Gasteiger partial charge in [0.2, 0.25) is 0 Å². The van der Waals surface area contributed by atoms with Crippen LogP contribution in [0.4, 0.5) is 0 Å². The van der Waals surface area contributed by atoms with Crippen LogP contribution in [-0.2, 0) is 26.3 Å². The molecule has 3 aromatic heterocycles. The molecule has 29 heavy (non-hydrogen) atoms. The summed E-state index contributed by atoms with van der Waals surface area (Å²) in [5.74, 6) is 0.940. The minimum absolute atomic E-state index is 0.0454. The molecule has 2 aliphatic rings. The van der Waals surface area contributed by atoms with Crippen molar-refractivity contribution in [2.45, 2.75) is 38.2 Å². The van der Waals surface area contributed by atoms with Crippen molar-refractivity contribution < 1.29 is 4.74 Å². The first kappa shape index (κ1) is 17.5. The first-order valence-electron chi connectivity index (χ1n) is 10.1. The molecule has 0 amide bonds. The highest BCUT2D eigenvalue weighted by Gasteiger charge is 2.33. The van der Waals surface area contributed by atoms with Crippen LogP contribution in [0.2, 0.25) is 5.02 Å². The second-order valence-electron chi connectivity index (χ2n) is 7.89. The fourth-order valence-electron chi connectivity index (χ4n) is 4.83. The lowest BCUT2D eigenvalue weighted by Gasteiger charge is -2.16. The summed E-state index contributed by atoms with van der Waals surface area (Å²) in [7, 11) is 2.06. The van der Waals surface area contributed by atoms with Gasteiger partial charge in [0, 0.05) is 52.6 Å². The largest absolute Gasteiger partial charge is 0.483 e. The number of halogens is 1. The maximum absolute atomic E-state index is 6.59. The first-order valence-corrected chi connectivity index (χ1v) is 11.3. The summed E-state index contributed by atoms with van der Waals surface area (Å²) in [6.45, 7) is 0. The lowest BCUT2D eigenvalue weighted by atomic mass is 9.93. The molecular weight excluding hydrogens is 402 g/mol. The van der Waals surface area contributed by atoms with Gasteiger partial charge in [-0.15, -0.1) is 11.3 Å². The number of aromatic nitrogens is 3. The zero-order valence-electron chi connectivity index (χ0n) is 16.1. The average Bonchev–Trinajstić information content (AvgIpc) is 3.44. The van der Waals surface area contributed by atoms with Crippen molar-refractivity contribution >= 4 is 33.2 Å². The number of fused-ring (bicyclic) bond motifs is 3. The Morgan fingerprint density at radius 1 is 1.17 bits per heavy atom. The van der Waals surface area contributed by atoms with Gasteiger partial charge in [0.1, 0.15) is 17.5 Å². The minimum atomic E-state index is -0.0454. The highest BCUT2D eigenvalue weighted by Crippen LogP contribution is 2.47. The van der Waals surface area contributed by atoms with Crippen molar-refractivity contribution in [2.75, 3.05) is 0 Å². The Kier molecular flexibility index (Phi) is 3.96. The van der Waals surface area contributed by atoms with Gasteiger partial charge >= 0.3 is 0 Å². The Bertz CT molecular complexity index is 1260. The lowest BCUT2D eigenvalue weighted by Crippen LogP contribution is -2.09. The Labute approximate surface area is 178 Å². The molecule has 6 heteroatoms. The van der Waals surface area contributed by atoms with E-state index < -0.39 is 0 Å². The third-order valence-corrected chi connectivity index (χ3v) is 7.29. The van der Waals surface area contributed by atoms with Crippen LogP contribution >= 0.6 is 22.9 Å². The standard InChI is InChI=1S/C23H20ClN3OS/c1-27-19-5-3-2-4-16(19)21(26-27)20-11-13-10-14(24)12-17(22(13)28-20)15-6-8-25-18-7-9-29-23(15)18/h6-10,12,20H,2-5,11H2,1H3/t20-/m1/s1. The molecule has 0 radical (unpaired) electrons. The van der Waals surface area contributed by atoms with Crippen LogP contribution in [0.3, 0.4) is 0 Å². The average molecular weight is 422 g/mol. The normalized spacial score (nSPS) is 17.9. The summed E-state index contributed by atoms with van der Waals surface area (Å²) in [6.07, 6.45) is 7.32. The van der Waals surface area contributed by atoms with E-state index in [0.717, 1.165) is 57.9 Å². The molecule has 4 aromatic rings. The highest BCUT2D eigenvalue weighted by molar-refractivity contribution is 7.17. The molecule has 0 spiro atoms. The topological polar surface area (TPSA) is 39.9 Å². The Morgan fingerprint density at radius 3 is 3.00 bits per heavy atom. The van der Waals surface area contributed by atoms with Gasteiger partial charge < -0.3 is 4.74 Å². The summed E-state index contributed by atoms with van der Waals surface area (Å²) in [5, 5.41) is 7.70. The first-order chi connectivity index (χ1) is 14.2. The summed E-state index contributed by atoms with van der Waals surface area (Å²) in [4.78, 5) is 4.48. The SMILES string of the molecule is Cn1nc([C@H]2Cc3cc(Cl)cc(-c4ccnc5ccsc45)c3O2)c2c1CCCC2. The Morgan fingerprint density at radius 2 is 2.07 bits per heavy atom. The number of aryl methyl sites for hydroxylation is 1. The van der Waals surface area contributed by atoms with Crippen molar-refractivity contribution in [1.82, 2.24) is 14.8 Å². The smallest absolute Gasteiger partial charge is 0.147 e. The van der Waals surface area contributed by atoms with E-state index in [1.807, 2.05) is 18.3 Å². The van der Waals surface area contributed by atoms with E-state index >= 15 is 0 Å². The summed E-state index contributed by atoms with van der Waals surface area (Å²) < 4.78 is 9.81. The van der Waals surface area contributed by atoms with E-state index in [9.17, 15) is 0 Å². The van der Waals surface area contributed by atoms with Crippen LogP contribution in [0.5, 0.6) is 5.75 Å². The second-order valence-corrected chi connectivity index (χ2v) is 9.24. The molecule has 6 rings (SSSR count). The fourth-order valence-corrected chi connectivity index (χ4v) is 5.95. The third kappa shape index (κ3) is 2.71. The maximum atomic E-state index is 6.59. The van der Waals surface area contributed by atoms with E-state index in [2.05, 4.69) is 34.2 Å². The zero-order valence-corrected chi connectivity index (χ0v) is 17.7. The van der Waals surface area contributed by atoms with Crippen molar-refractivity contribution in [3.8, 4) is 16.9 Å². The van der Waals surface area contributed by atoms with Crippen molar-refractivity contribution in [1.29, 1.82) is 0 Å². The van der Waals surface area contributed by atoms with Gasteiger partial charge in [-0.05, 0) is 55.3 Å². The number of ether oxygens (including phenoxy) is 1. The number of nitrogens with zero attached hydrogens (tertiary/aromatic N) is 3. The highest BCUT2D eigenvalue weighted by atomic mass is 35.5. The third-order valence-electron chi connectivity index (χ3n) is 6.13. The molecule has 4 nitrogen and oxygen atoms in total. The number of hydrogen-bond donors (Lipinski definition) is 0. The molecule has 0 fully saturated rings. The van der Waals surface area contributed by atoms with E-state index in [1.165, 1.54) is 28.8 Å². The van der Waals surface area contributed by atoms with E-state index in [-0.39, 0.29) is 6.10 Å². The number of thiophene rings is 1. The number of benzene rings is 1. The van der Waals surface area contributed by atoms with Crippen molar-refractivity contribution in [3.05, 3.63) is 63.4 Å². The van der Waals surface area contributed by atoms with E-state index in [1.54, 1.807) is 11.3 Å². The Hall–Kier alpha value is -2.37.